The molecule has 5 rings (SSSR count). The molecule has 1 saturated heterocycles. The highest BCUT2D eigenvalue weighted by atomic mass is 35.5. The third-order valence-electron chi connectivity index (χ3n) is 6.06. The van der Waals surface area contributed by atoms with Crippen LogP contribution >= 0.6 is 34.5 Å². The maximum atomic E-state index is 13.2. The third-order valence-corrected chi connectivity index (χ3v) is 9.58. The molecule has 0 aliphatic carbocycles. The summed E-state index contributed by atoms with van der Waals surface area (Å²) >= 11 is 13.8. The maximum Gasteiger partial charge on any atom is 0.271 e. The van der Waals surface area contributed by atoms with E-state index in [-0.39, 0.29) is 10.3 Å². The van der Waals surface area contributed by atoms with E-state index in [0.717, 1.165) is 47.5 Å². The van der Waals surface area contributed by atoms with Crippen LogP contribution in [0.15, 0.2) is 83.1 Å². The van der Waals surface area contributed by atoms with Gasteiger partial charge in [0.1, 0.15) is 20.4 Å². The zero-order valence-corrected chi connectivity index (χ0v) is 22.6. The molecule has 1 aromatic heterocycles. The molecule has 1 N–H and O–H groups in total. The molecule has 2 heterocycles. The summed E-state index contributed by atoms with van der Waals surface area (Å²) in [6.07, 6.45) is 0.914. The molecule has 0 saturated carbocycles. The topological polar surface area (TPSA) is 58.6 Å². The van der Waals surface area contributed by atoms with Crippen molar-refractivity contribution in [3.05, 3.63) is 88.2 Å². The van der Waals surface area contributed by atoms with E-state index in [4.69, 9.17) is 27.9 Å². The SMILES string of the molecule is CN1CCC(Oc2cc(NS(=O)(=O)c3cc(-c4ccc(-c5ccccc5)cc4)c(Cl)s3)ccc2Cl)C1. The summed E-state index contributed by atoms with van der Waals surface area (Å²) in [5.74, 6) is 0.459. The summed E-state index contributed by atoms with van der Waals surface area (Å²) in [6, 6.07) is 24.4. The highest BCUT2D eigenvalue weighted by Gasteiger charge is 2.24. The van der Waals surface area contributed by atoms with Crippen LogP contribution < -0.4 is 9.46 Å². The Morgan fingerprint density at radius 1 is 0.944 bits per heavy atom. The number of sulfonamides is 1. The fraction of sp³-hybridized carbons (Fsp3) is 0.185. The van der Waals surface area contributed by atoms with Gasteiger partial charge in [-0.05, 0) is 48.4 Å². The molecule has 0 bridgehead atoms. The van der Waals surface area contributed by atoms with Crippen molar-refractivity contribution in [1.29, 1.82) is 0 Å². The second kappa shape index (κ2) is 10.4. The summed E-state index contributed by atoms with van der Waals surface area (Å²) in [6.45, 7) is 1.75. The number of hydrogen-bond acceptors (Lipinski definition) is 5. The van der Waals surface area contributed by atoms with Crippen molar-refractivity contribution in [2.75, 3.05) is 24.9 Å². The Labute approximate surface area is 225 Å². The molecule has 5 nitrogen and oxygen atoms in total. The fourth-order valence-electron chi connectivity index (χ4n) is 4.18. The molecule has 1 aliphatic rings. The number of benzene rings is 3. The molecule has 0 radical (unpaired) electrons. The molecular weight excluding hydrogens is 535 g/mol. The van der Waals surface area contributed by atoms with Gasteiger partial charge in [-0.25, -0.2) is 8.42 Å². The molecule has 1 atom stereocenters. The van der Waals surface area contributed by atoms with E-state index < -0.39 is 10.0 Å². The summed E-state index contributed by atoms with van der Waals surface area (Å²) in [7, 11) is -1.83. The molecule has 0 amide bonds. The van der Waals surface area contributed by atoms with Crippen LogP contribution in [-0.2, 0) is 10.0 Å². The van der Waals surface area contributed by atoms with Crippen molar-refractivity contribution < 1.29 is 13.2 Å². The highest BCUT2D eigenvalue weighted by Crippen LogP contribution is 2.39. The first-order chi connectivity index (χ1) is 17.3. The van der Waals surface area contributed by atoms with Gasteiger partial charge in [-0.3, -0.25) is 4.72 Å². The van der Waals surface area contributed by atoms with Crippen LogP contribution in [0.3, 0.4) is 0 Å². The Balaban J connectivity index is 1.35. The number of rotatable bonds is 7. The Kier molecular flexibility index (Phi) is 7.28. The zero-order valence-electron chi connectivity index (χ0n) is 19.4. The molecule has 3 aromatic carbocycles. The monoisotopic (exact) mass is 558 g/mol. The lowest BCUT2D eigenvalue weighted by Crippen LogP contribution is -2.21. The van der Waals surface area contributed by atoms with Crippen molar-refractivity contribution >= 4 is 50.2 Å². The second-order valence-corrected chi connectivity index (χ2v) is 12.7. The van der Waals surface area contributed by atoms with Gasteiger partial charge in [0.05, 0.1) is 10.7 Å². The van der Waals surface area contributed by atoms with E-state index in [1.54, 1.807) is 24.3 Å². The van der Waals surface area contributed by atoms with Gasteiger partial charge in [0.25, 0.3) is 10.0 Å². The fourth-order valence-corrected chi connectivity index (χ4v) is 7.16. The average Bonchev–Trinajstić information content (AvgIpc) is 3.47. The molecule has 186 valence electrons. The van der Waals surface area contributed by atoms with Crippen LogP contribution in [-0.4, -0.2) is 39.6 Å². The second-order valence-electron chi connectivity index (χ2n) is 8.74. The zero-order chi connectivity index (χ0) is 25.3. The lowest BCUT2D eigenvalue weighted by atomic mass is 10.0. The van der Waals surface area contributed by atoms with Crippen LogP contribution in [0.2, 0.25) is 9.36 Å². The predicted octanol–water partition coefficient (Wildman–Crippen LogP) is 7.27. The van der Waals surface area contributed by atoms with Crippen LogP contribution in [0.5, 0.6) is 5.75 Å². The van der Waals surface area contributed by atoms with Crippen molar-refractivity contribution in [3.8, 4) is 28.0 Å². The number of hydrogen-bond donors (Lipinski definition) is 1. The summed E-state index contributed by atoms with van der Waals surface area (Å²) < 4.78 is 35.6. The molecular formula is C27H24Cl2N2O3S2. The summed E-state index contributed by atoms with van der Waals surface area (Å²) in [4.78, 5) is 2.18. The Morgan fingerprint density at radius 2 is 1.64 bits per heavy atom. The first kappa shape index (κ1) is 25.1. The average molecular weight is 560 g/mol. The molecule has 0 spiro atoms. The minimum absolute atomic E-state index is 0.0197. The normalized spacial score (nSPS) is 16.2. The Hall–Kier alpha value is -2.55. The third kappa shape index (κ3) is 5.56. The summed E-state index contributed by atoms with van der Waals surface area (Å²) in [5.41, 5.74) is 4.08. The minimum Gasteiger partial charge on any atom is -0.487 e. The molecule has 9 heteroatoms. The number of nitrogens with one attached hydrogen (secondary N) is 1. The van der Waals surface area contributed by atoms with Gasteiger partial charge in [-0.2, -0.15) is 0 Å². The Morgan fingerprint density at radius 3 is 2.33 bits per heavy atom. The van der Waals surface area contributed by atoms with Gasteiger partial charge in [-0.1, -0.05) is 77.8 Å². The van der Waals surface area contributed by atoms with E-state index in [9.17, 15) is 8.42 Å². The summed E-state index contributed by atoms with van der Waals surface area (Å²) in [5, 5.41) is 0.438. The Bertz CT molecular complexity index is 1470. The van der Waals surface area contributed by atoms with E-state index in [2.05, 4.69) is 9.62 Å². The number of anilines is 1. The maximum absolute atomic E-state index is 13.2. The largest absolute Gasteiger partial charge is 0.487 e. The van der Waals surface area contributed by atoms with E-state index >= 15 is 0 Å². The van der Waals surface area contributed by atoms with Gasteiger partial charge in [-0.15, -0.1) is 11.3 Å². The number of ether oxygens (including phenoxy) is 1. The first-order valence-corrected chi connectivity index (χ1v) is 14.5. The smallest absolute Gasteiger partial charge is 0.271 e. The molecule has 4 aromatic rings. The van der Waals surface area contributed by atoms with Crippen LogP contribution in [0.4, 0.5) is 5.69 Å². The van der Waals surface area contributed by atoms with Crippen LogP contribution in [0.1, 0.15) is 6.42 Å². The first-order valence-electron chi connectivity index (χ1n) is 11.4. The molecule has 1 fully saturated rings. The van der Waals surface area contributed by atoms with E-state index in [1.807, 2.05) is 61.6 Å². The number of halogens is 2. The number of likely N-dealkylation sites (tertiary alicyclic amines) is 1. The quantitative estimate of drug-likeness (QED) is 0.259. The molecule has 1 unspecified atom stereocenters. The number of likely N-dealkylation sites (N-methyl/N-ethyl adjacent to an activating group) is 1. The lowest BCUT2D eigenvalue weighted by molar-refractivity contribution is 0.208. The van der Waals surface area contributed by atoms with E-state index in [0.29, 0.717) is 26.4 Å². The highest BCUT2D eigenvalue weighted by molar-refractivity contribution is 7.94. The van der Waals surface area contributed by atoms with Crippen LogP contribution in [0, 0.1) is 0 Å². The number of thiophene rings is 1. The number of nitrogens with zero attached hydrogens (tertiary/aromatic N) is 1. The molecule has 36 heavy (non-hydrogen) atoms. The van der Waals surface area contributed by atoms with Crippen molar-refractivity contribution in [3.63, 3.8) is 0 Å². The van der Waals surface area contributed by atoms with Gasteiger partial charge < -0.3 is 9.64 Å². The van der Waals surface area contributed by atoms with Crippen molar-refractivity contribution in [1.82, 2.24) is 4.90 Å². The van der Waals surface area contributed by atoms with Crippen molar-refractivity contribution in [2.24, 2.45) is 0 Å². The van der Waals surface area contributed by atoms with Gasteiger partial charge in [0.15, 0.2) is 0 Å². The molecule has 1 aliphatic heterocycles. The van der Waals surface area contributed by atoms with E-state index in [1.165, 1.54) is 0 Å². The van der Waals surface area contributed by atoms with Crippen molar-refractivity contribution in [2.45, 2.75) is 16.7 Å². The minimum atomic E-state index is -3.86. The van der Waals surface area contributed by atoms with Crippen LogP contribution in [0.25, 0.3) is 22.3 Å². The lowest BCUT2D eigenvalue weighted by Gasteiger charge is -2.16. The van der Waals surface area contributed by atoms with Gasteiger partial charge in [0.2, 0.25) is 0 Å². The van der Waals surface area contributed by atoms with Gasteiger partial charge >= 0.3 is 0 Å². The predicted molar refractivity (Wildman–Crippen MR) is 149 cm³/mol. The van der Waals surface area contributed by atoms with Gasteiger partial charge in [0, 0.05) is 24.7 Å². The standard InChI is InChI=1S/C27H24Cl2N2O3S2/c1-31-14-13-22(17-31)34-25-15-21(11-12-24(25)28)30-36(32,33)26-16-23(27(29)35-26)20-9-7-19(8-10-20)18-5-3-2-4-6-18/h2-12,15-16,22,30H,13-14,17H2,1H3.